The molecule has 0 unspecified atom stereocenters. The number of rotatable bonds is 6. The largest absolute Gasteiger partial charge is 0.487 e. The number of nitrogens with two attached hydrogens (primary N) is 1. The molecule has 22 heavy (non-hydrogen) atoms. The molecule has 2 rings (SSSR count). The van der Waals surface area contributed by atoms with E-state index in [2.05, 4.69) is 4.98 Å². The van der Waals surface area contributed by atoms with Gasteiger partial charge in [-0.2, -0.15) is 0 Å². The summed E-state index contributed by atoms with van der Waals surface area (Å²) in [4.78, 5) is 28.6. The third kappa shape index (κ3) is 4.29. The van der Waals surface area contributed by atoms with Crippen LogP contribution in [0.1, 0.15) is 21.1 Å². The number of thiazole rings is 1. The highest BCUT2D eigenvalue weighted by molar-refractivity contribution is 7.09. The van der Waals surface area contributed by atoms with Crippen molar-refractivity contribution in [2.45, 2.75) is 13.5 Å². The third-order valence-electron chi connectivity index (χ3n) is 2.87. The monoisotopic (exact) mass is 319 g/mol. The first-order valence-electron chi connectivity index (χ1n) is 6.63. The van der Waals surface area contributed by atoms with Crippen LogP contribution >= 0.6 is 11.3 Å². The Morgan fingerprint density at radius 3 is 2.82 bits per heavy atom. The van der Waals surface area contributed by atoms with Crippen molar-refractivity contribution in [3.05, 3.63) is 45.9 Å². The number of ether oxygens (including phenoxy) is 1. The fourth-order valence-electron chi connectivity index (χ4n) is 1.88. The van der Waals surface area contributed by atoms with Crippen LogP contribution in [0.2, 0.25) is 0 Å². The van der Waals surface area contributed by atoms with Crippen LogP contribution in [0.25, 0.3) is 0 Å². The number of nitrogens with zero attached hydrogens (tertiary/aromatic N) is 2. The van der Waals surface area contributed by atoms with Gasteiger partial charge in [-0.3, -0.25) is 9.59 Å². The van der Waals surface area contributed by atoms with E-state index in [9.17, 15) is 9.59 Å². The Bertz CT molecular complexity index is 684. The number of benzene rings is 1. The first-order valence-corrected chi connectivity index (χ1v) is 7.51. The van der Waals surface area contributed by atoms with E-state index in [0.29, 0.717) is 17.9 Å². The lowest BCUT2D eigenvalue weighted by Crippen LogP contribution is -2.35. The summed E-state index contributed by atoms with van der Waals surface area (Å²) in [5.74, 6) is -0.264. The topological polar surface area (TPSA) is 85.5 Å². The fraction of sp³-hybridized carbons (Fsp3) is 0.267. The van der Waals surface area contributed by atoms with Gasteiger partial charge in [0.25, 0.3) is 5.91 Å². The second-order valence-electron chi connectivity index (χ2n) is 4.80. The molecule has 1 aromatic carbocycles. The molecule has 0 aliphatic rings. The lowest BCUT2D eigenvalue weighted by Gasteiger charge is -2.15. The molecule has 0 saturated carbocycles. The smallest absolute Gasteiger partial charge is 0.254 e. The Kier molecular flexibility index (Phi) is 5.11. The summed E-state index contributed by atoms with van der Waals surface area (Å²) >= 11 is 1.56. The van der Waals surface area contributed by atoms with Crippen LogP contribution in [0, 0.1) is 6.92 Å². The van der Waals surface area contributed by atoms with E-state index in [1.54, 1.807) is 35.6 Å². The molecule has 0 radical (unpaired) electrons. The highest BCUT2D eigenvalue weighted by Crippen LogP contribution is 2.17. The Morgan fingerprint density at radius 2 is 2.18 bits per heavy atom. The first kappa shape index (κ1) is 16.0. The molecule has 6 nitrogen and oxygen atoms in total. The average molecular weight is 319 g/mol. The zero-order valence-corrected chi connectivity index (χ0v) is 13.2. The molecular weight excluding hydrogens is 302 g/mol. The van der Waals surface area contributed by atoms with Gasteiger partial charge in [0.05, 0.1) is 17.2 Å². The predicted octanol–water partition coefficient (Wildman–Crippen LogP) is 1.59. The lowest BCUT2D eigenvalue weighted by molar-refractivity contribution is -0.118. The minimum absolute atomic E-state index is 0.123. The number of carbonyl (C=O) groups is 2. The van der Waals surface area contributed by atoms with Crippen LogP contribution in [0.15, 0.2) is 29.6 Å². The molecule has 2 N–H and O–H groups in total. The molecule has 0 saturated heterocycles. The lowest BCUT2D eigenvalue weighted by atomic mass is 10.2. The first-order chi connectivity index (χ1) is 10.5. The normalized spacial score (nSPS) is 10.3. The van der Waals surface area contributed by atoms with Crippen LogP contribution in [-0.4, -0.2) is 35.3 Å². The molecule has 1 aromatic heterocycles. The van der Waals surface area contributed by atoms with Crippen LogP contribution in [-0.2, 0) is 11.4 Å². The summed E-state index contributed by atoms with van der Waals surface area (Å²) in [5, 5.41) is 2.92. The summed E-state index contributed by atoms with van der Waals surface area (Å²) in [6.45, 7) is 2.16. The van der Waals surface area contributed by atoms with Crippen LogP contribution in [0.4, 0.5) is 0 Å². The third-order valence-corrected chi connectivity index (χ3v) is 3.70. The van der Waals surface area contributed by atoms with Gasteiger partial charge in [0.15, 0.2) is 0 Å². The van der Waals surface area contributed by atoms with Crippen molar-refractivity contribution in [3.8, 4) is 5.75 Å². The van der Waals surface area contributed by atoms with Crippen molar-refractivity contribution in [3.63, 3.8) is 0 Å². The molecule has 116 valence electrons. The maximum atomic E-state index is 12.2. The van der Waals surface area contributed by atoms with E-state index in [-0.39, 0.29) is 12.5 Å². The Morgan fingerprint density at radius 1 is 1.41 bits per heavy atom. The number of hydrogen-bond donors (Lipinski definition) is 1. The van der Waals surface area contributed by atoms with Gasteiger partial charge in [-0.1, -0.05) is 6.07 Å². The van der Waals surface area contributed by atoms with Gasteiger partial charge in [-0.05, 0) is 25.1 Å². The molecule has 0 spiro atoms. The molecule has 0 aliphatic carbocycles. The zero-order chi connectivity index (χ0) is 16.1. The summed E-state index contributed by atoms with van der Waals surface area (Å²) in [6.07, 6.45) is 0. The fourth-order valence-corrected chi connectivity index (χ4v) is 2.47. The Labute approximate surface area is 132 Å². The maximum absolute atomic E-state index is 12.2. The molecule has 0 aliphatic heterocycles. The summed E-state index contributed by atoms with van der Waals surface area (Å²) in [6, 6.07) is 6.80. The van der Waals surface area contributed by atoms with Crippen molar-refractivity contribution in [2.75, 3.05) is 13.6 Å². The van der Waals surface area contributed by atoms with E-state index in [1.807, 2.05) is 12.3 Å². The summed E-state index contributed by atoms with van der Waals surface area (Å²) in [7, 11) is 1.53. The number of aromatic nitrogens is 1. The van der Waals surface area contributed by atoms with Crippen molar-refractivity contribution in [2.24, 2.45) is 5.73 Å². The van der Waals surface area contributed by atoms with Gasteiger partial charge in [0.1, 0.15) is 12.4 Å². The van der Waals surface area contributed by atoms with Crippen LogP contribution in [0.5, 0.6) is 5.75 Å². The zero-order valence-electron chi connectivity index (χ0n) is 12.4. The quantitative estimate of drug-likeness (QED) is 0.876. The van der Waals surface area contributed by atoms with Crippen molar-refractivity contribution >= 4 is 23.2 Å². The molecule has 1 heterocycles. The van der Waals surface area contributed by atoms with E-state index in [1.165, 1.54) is 11.9 Å². The van der Waals surface area contributed by atoms with Crippen molar-refractivity contribution in [1.82, 2.24) is 9.88 Å². The molecule has 0 atom stereocenters. The SMILES string of the molecule is Cc1nc(COc2cccc(C(=O)N(C)CC(N)=O)c2)cs1. The van der Waals surface area contributed by atoms with Crippen molar-refractivity contribution < 1.29 is 14.3 Å². The number of hydrogen-bond acceptors (Lipinski definition) is 5. The van der Waals surface area contributed by atoms with E-state index in [0.717, 1.165) is 10.7 Å². The summed E-state index contributed by atoms with van der Waals surface area (Å²) in [5.41, 5.74) is 6.38. The van der Waals surface area contributed by atoms with E-state index in [4.69, 9.17) is 10.5 Å². The minimum Gasteiger partial charge on any atom is -0.487 e. The Hall–Kier alpha value is -2.41. The molecule has 2 aromatic rings. The standard InChI is InChI=1S/C15H17N3O3S/c1-10-17-12(9-22-10)8-21-13-5-3-4-11(6-13)15(20)18(2)7-14(16)19/h3-6,9H,7-8H2,1-2H3,(H2,16,19). The number of primary amides is 1. The molecular formula is C15H17N3O3S. The number of carbonyl (C=O) groups excluding carboxylic acids is 2. The van der Waals surface area contributed by atoms with Gasteiger partial charge in [0, 0.05) is 18.0 Å². The molecule has 0 bridgehead atoms. The second-order valence-corrected chi connectivity index (χ2v) is 5.86. The molecule has 2 amide bonds. The Balaban J connectivity index is 2.03. The van der Waals surface area contributed by atoms with Gasteiger partial charge >= 0.3 is 0 Å². The highest BCUT2D eigenvalue weighted by Gasteiger charge is 2.14. The molecule has 7 heteroatoms. The van der Waals surface area contributed by atoms with Gasteiger partial charge in [0.2, 0.25) is 5.91 Å². The summed E-state index contributed by atoms with van der Waals surface area (Å²) < 4.78 is 5.64. The number of amides is 2. The molecule has 0 fully saturated rings. The van der Waals surface area contributed by atoms with Gasteiger partial charge < -0.3 is 15.4 Å². The second kappa shape index (κ2) is 7.04. The number of likely N-dealkylation sites (N-methyl/N-ethyl adjacent to an activating group) is 1. The maximum Gasteiger partial charge on any atom is 0.254 e. The minimum atomic E-state index is -0.554. The van der Waals surface area contributed by atoms with Crippen molar-refractivity contribution in [1.29, 1.82) is 0 Å². The van der Waals surface area contributed by atoms with E-state index >= 15 is 0 Å². The number of aryl methyl sites for hydroxylation is 1. The van der Waals surface area contributed by atoms with E-state index < -0.39 is 5.91 Å². The van der Waals surface area contributed by atoms with Gasteiger partial charge in [-0.15, -0.1) is 11.3 Å². The van der Waals surface area contributed by atoms with Crippen LogP contribution in [0.3, 0.4) is 0 Å². The predicted molar refractivity (Wildman–Crippen MR) is 83.8 cm³/mol. The van der Waals surface area contributed by atoms with Gasteiger partial charge in [-0.25, -0.2) is 4.98 Å². The average Bonchev–Trinajstić information content (AvgIpc) is 2.89. The highest BCUT2D eigenvalue weighted by atomic mass is 32.1. The van der Waals surface area contributed by atoms with Crippen LogP contribution < -0.4 is 10.5 Å².